The van der Waals surface area contributed by atoms with Gasteiger partial charge in [-0.3, -0.25) is 9.59 Å². The highest BCUT2D eigenvalue weighted by Crippen LogP contribution is 2.20. The van der Waals surface area contributed by atoms with E-state index >= 15 is 0 Å². The van der Waals surface area contributed by atoms with Gasteiger partial charge in [-0.05, 0) is 42.8 Å². The molecule has 0 radical (unpaired) electrons. The first-order chi connectivity index (χ1) is 12.9. The minimum absolute atomic E-state index is 0.0959. The largest absolute Gasteiger partial charge is 0.352 e. The summed E-state index contributed by atoms with van der Waals surface area (Å²) in [5.74, 6) is 0.216. The second-order valence-corrected chi connectivity index (χ2v) is 6.56. The smallest absolute Gasteiger partial charge is 0.256 e. The van der Waals surface area contributed by atoms with Crippen LogP contribution in [-0.4, -0.2) is 21.6 Å². The van der Waals surface area contributed by atoms with Gasteiger partial charge in [-0.1, -0.05) is 29.8 Å². The van der Waals surface area contributed by atoms with Crippen molar-refractivity contribution in [3.05, 3.63) is 76.4 Å². The maximum absolute atomic E-state index is 12.6. The summed E-state index contributed by atoms with van der Waals surface area (Å²) in [6, 6.07) is 16.1. The summed E-state index contributed by atoms with van der Waals surface area (Å²) in [6.07, 6.45) is 0. The molecular weight excluding hydrogens is 364 g/mol. The SMILES string of the molecule is CC(=O)NCc1ccc(C(=O)Nc2cc(C)nn2-c2cccc(Cl)c2)cc1. The molecule has 27 heavy (non-hydrogen) atoms. The second-order valence-electron chi connectivity index (χ2n) is 6.12. The van der Waals surface area contributed by atoms with E-state index in [1.165, 1.54) is 6.92 Å². The Hall–Kier alpha value is -3.12. The Kier molecular flexibility index (Phi) is 5.57. The van der Waals surface area contributed by atoms with E-state index in [0.717, 1.165) is 16.9 Å². The number of carbonyl (C=O) groups is 2. The van der Waals surface area contributed by atoms with Crippen LogP contribution >= 0.6 is 11.6 Å². The van der Waals surface area contributed by atoms with Gasteiger partial charge in [0.25, 0.3) is 5.91 Å². The summed E-state index contributed by atoms with van der Waals surface area (Å²) >= 11 is 6.06. The summed E-state index contributed by atoms with van der Waals surface area (Å²) in [7, 11) is 0. The van der Waals surface area contributed by atoms with Crippen LogP contribution in [-0.2, 0) is 11.3 Å². The molecule has 138 valence electrons. The third-order valence-electron chi connectivity index (χ3n) is 3.88. The lowest BCUT2D eigenvalue weighted by Crippen LogP contribution is -2.19. The Morgan fingerprint density at radius 1 is 1.11 bits per heavy atom. The van der Waals surface area contributed by atoms with Gasteiger partial charge in [0, 0.05) is 30.1 Å². The fraction of sp³-hybridized carbons (Fsp3) is 0.150. The van der Waals surface area contributed by atoms with E-state index in [1.807, 2.05) is 31.2 Å². The van der Waals surface area contributed by atoms with Gasteiger partial charge >= 0.3 is 0 Å². The molecule has 0 bridgehead atoms. The van der Waals surface area contributed by atoms with Gasteiger partial charge in [0.1, 0.15) is 5.82 Å². The zero-order valence-corrected chi connectivity index (χ0v) is 15.7. The number of aryl methyl sites for hydroxylation is 1. The number of aromatic nitrogens is 2. The standard InChI is InChI=1S/C20H19ClN4O2/c1-13-10-19(25(24-13)18-5-3-4-17(21)11-18)23-20(27)16-8-6-15(7-9-16)12-22-14(2)26/h3-11H,12H2,1-2H3,(H,22,26)(H,23,27). The van der Waals surface area contributed by atoms with E-state index < -0.39 is 0 Å². The topological polar surface area (TPSA) is 76.0 Å². The van der Waals surface area contributed by atoms with Crippen molar-refractivity contribution in [1.29, 1.82) is 0 Å². The molecule has 1 aromatic heterocycles. The van der Waals surface area contributed by atoms with Gasteiger partial charge in [0.15, 0.2) is 0 Å². The number of hydrogen-bond donors (Lipinski definition) is 2. The molecule has 1 heterocycles. The summed E-state index contributed by atoms with van der Waals surface area (Å²) < 4.78 is 1.64. The normalized spacial score (nSPS) is 10.5. The number of anilines is 1. The highest BCUT2D eigenvalue weighted by Gasteiger charge is 2.13. The fourth-order valence-electron chi connectivity index (χ4n) is 2.58. The van der Waals surface area contributed by atoms with Crippen LogP contribution in [0.25, 0.3) is 5.69 Å². The molecule has 0 aliphatic heterocycles. The van der Waals surface area contributed by atoms with Crippen LogP contribution in [0.4, 0.5) is 5.82 Å². The van der Waals surface area contributed by atoms with Crippen LogP contribution in [0.15, 0.2) is 54.6 Å². The molecule has 7 heteroatoms. The van der Waals surface area contributed by atoms with Crippen molar-refractivity contribution in [2.45, 2.75) is 20.4 Å². The van der Waals surface area contributed by atoms with Crippen molar-refractivity contribution in [3.8, 4) is 5.69 Å². The average Bonchev–Trinajstić information content (AvgIpc) is 3.00. The van der Waals surface area contributed by atoms with E-state index in [-0.39, 0.29) is 11.8 Å². The average molecular weight is 383 g/mol. The fourth-order valence-corrected chi connectivity index (χ4v) is 2.77. The zero-order chi connectivity index (χ0) is 19.4. The minimum Gasteiger partial charge on any atom is -0.352 e. The number of hydrogen-bond acceptors (Lipinski definition) is 3. The Morgan fingerprint density at radius 3 is 2.52 bits per heavy atom. The molecule has 0 unspecified atom stereocenters. The predicted molar refractivity (Wildman–Crippen MR) is 105 cm³/mol. The van der Waals surface area contributed by atoms with Gasteiger partial charge in [-0.25, -0.2) is 4.68 Å². The number of rotatable bonds is 5. The molecule has 2 aromatic carbocycles. The summed E-state index contributed by atoms with van der Waals surface area (Å²) in [5.41, 5.74) is 2.96. The highest BCUT2D eigenvalue weighted by molar-refractivity contribution is 6.30. The van der Waals surface area contributed by atoms with Crippen LogP contribution in [0.5, 0.6) is 0 Å². The Balaban J connectivity index is 1.77. The third kappa shape index (κ3) is 4.74. The number of benzene rings is 2. The van der Waals surface area contributed by atoms with Gasteiger partial charge in [-0.15, -0.1) is 0 Å². The summed E-state index contributed by atoms with van der Waals surface area (Å²) in [6.45, 7) is 3.75. The van der Waals surface area contributed by atoms with Crippen LogP contribution in [0.3, 0.4) is 0 Å². The Morgan fingerprint density at radius 2 is 1.85 bits per heavy atom. The predicted octanol–water partition coefficient (Wildman–Crippen LogP) is 3.72. The van der Waals surface area contributed by atoms with E-state index in [1.54, 1.807) is 35.0 Å². The van der Waals surface area contributed by atoms with Gasteiger partial charge in [0.05, 0.1) is 11.4 Å². The molecule has 0 saturated carbocycles. The Labute approximate surface area is 162 Å². The number of nitrogens with zero attached hydrogens (tertiary/aromatic N) is 2. The number of nitrogens with one attached hydrogen (secondary N) is 2. The first kappa shape index (κ1) is 18.7. The first-order valence-electron chi connectivity index (χ1n) is 8.40. The summed E-state index contributed by atoms with van der Waals surface area (Å²) in [5, 5.41) is 10.6. The molecule has 0 saturated heterocycles. The zero-order valence-electron chi connectivity index (χ0n) is 15.0. The number of amides is 2. The van der Waals surface area contributed by atoms with Crippen molar-refractivity contribution < 1.29 is 9.59 Å². The lowest BCUT2D eigenvalue weighted by molar-refractivity contribution is -0.119. The Bertz CT molecular complexity index is 980. The molecule has 6 nitrogen and oxygen atoms in total. The quantitative estimate of drug-likeness (QED) is 0.706. The molecule has 0 atom stereocenters. The summed E-state index contributed by atoms with van der Waals surface area (Å²) in [4.78, 5) is 23.6. The molecular formula is C20H19ClN4O2. The first-order valence-corrected chi connectivity index (χ1v) is 8.77. The highest BCUT2D eigenvalue weighted by atomic mass is 35.5. The van der Waals surface area contributed by atoms with Crippen LogP contribution in [0, 0.1) is 6.92 Å². The van der Waals surface area contributed by atoms with E-state index in [2.05, 4.69) is 15.7 Å². The van der Waals surface area contributed by atoms with Crippen LogP contribution in [0.2, 0.25) is 5.02 Å². The number of carbonyl (C=O) groups excluding carboxylic acids is 2. The molecule has 2 N–H and O–H groups in total. The monoisotopic (exact) mass is 382 g/mol. The van der Waals surface area contributed by atoms with Gasteiger partial charge in [-0.2, -0.15) is 5.10 Å². The van der Waals surface area contributed by atoms with Crippen LogP contribution in [0.1, 0.15) is 28.5 Å². The molecule has 0 fully saturated rings. The molecule has 3 rings (SSSR count). The molecule has 2 amide bonds. The van der Waals surface area contributed by atoms with E-state index in [0.29, 0.717) is 22.9 Å². The van der Waals surface area contributed by atoms with Crippen molar-refractivity contribution in [1.82, 2.24) is 15.1 Å². The molecule has 3 aromatic rings. The maximum Gasteiger partial charge on any atom is 0.256 e. The number of halogens is 1. The van der Waals surface area contributed by atoms with Crippen molar-refractivity contribution in [3.63, 3.8) is 0 Å². The second kappa shape index (κ2) is 8.05. The molecule has 0 aliphatic rings. The van der Waals surface area contributed by atoms with Crippen LogP contribution < -0.4 is 10.6 Å². The molecule has 0 aliphatic carbocycles. The molecule has 0 spiro atoms. The van der Waals surface area contributed by atoms with Crippen molar-refractivity contribution in [2.75, 3.05) is 5.32 Å². The van der Waals surface area contributed by atoms with Crippen molar-refractivity contribution >= 4 is 29.2 Å². The van der Waals surface area contributed by atoms with Gasteiger partial charge < -0.3 is 10.6 Å². The minimum atomic E-state index is -0.246. The lowest BCUT2D eigenvalue weighted by Gasteiger charge is -2.10. The van der Waals surface area contributed by atoms with E-state index in [9.17, 15) is 9.59 Å². The maximum atomic E-state index is 12.6. The van der Waals surface area contributed by atoms with Gasteiger partial charge in [0.2, 0.25) is 5.91 Å². The third-order valence-corrected chi connectivity index (χ3v) is 4.12. The lowest BCUT2D eigenvalue weighted by atomic mass is 10.1. The van der Waals surface area contributed by atoms with Crippen molar-refractivity contribution in [2.24, 2.45) is 0 Å². The van der Waals surface area contributed by atoms with E-state index in [4.69, 9.17) is 11.6 Å².